The Balaban J connectivity index is 2.13. The highest BCUT2D eigenvalue weighted by Crippen LogP contribution is 2.21. The van der Waals surface area contributed by atoms with E-state index in [1.807, 2.05) is 10.6 Å². The number of rotatable bonds is 4. The van der Waals surface area contributed by atoms with Crippen LogP contribution >= 0.6 is 11.6 Å². The molecule has 2 heterocycles. The summed E-state index contributed by atoms with van der Waals surface area (Å²) in [6.07, 6.45) is 0. The van der Waals surface area contributed by atoms with Gasteiger partial charge in [0, 0.05) is 11.6 Å². The van der Waals surface area contributed by atoms with E-state index in [1.54, 1.807) is 31.4 Å². The molecule has 0 unspecified atom stereocenters. The minimum absolute atomic E-state index is 0.229. The number of ether oxygens (including phenoxy) is 1. The van der Waals surface area contributed by atoms with Crippen LogP contribution in [0, 0.1) is 5.82 Å². The molecule has 6 heteroatoms. The largest absolute Gasteiger partial charge is 0.481 e. The fraction of sp³-hybridized carbons (Fsp3) is 0.200. The summed E-state index contributed by atoms with van der Waals surface area (Å²) >= 11 is 5.95. The lowest BCUT2D eigenvalue weighted by molar-refractivity contribution is 0.399. The predicted molar refractivity (Wildman–Crippen MR) is 79.1 cm³/mol. The van der Waals surface area contributed by atoms with Gasteiger partial charge < -0.3 is 9.30 Å². The molecule has 0 bridgehead atoms. The molecule has 0 aliphatic heterocycles. The number of benzene rings is 1. The quantitative estimate of drug-likeness (QED) is 0.694. The first kappa shape index (κ1) is 13.8. The summed E-state index contributed by atoms with van der Waals surface area (Å²) in [7, 11) is 1.55. The molecule has 0 radical (unpaired) electrons. The van der Waals surface area contributed by atoms with Gasteiger partial charge in [0.15, 0.2) is 5.65 Å². The molecule has 0 spiro atoms. The van der Waals surface area contributed by atoms with Crippen LogP contribution in [0.4, 0.5) is 4.39 Å². The van der Waals surface area contributed by atoms with Crippen molar-refractivity contribution in [3.05, 3.63) is 53.6 Å². The second-order valence-electron chi connectivity index (χ2n) is 4.54. The highest BCUT2D eigenvalue weighted by Gasteiger charge is 2.14. The van der Waals surface area contributed by atoms with Crippen molar-refractivity contribution in [2.45, 2.75) is 12.4 Å². The number of imidazole rings is 1. The minimum atomic E-state index is -0.261. The van der Waals surface area contributed by atoms with Gasteiger partial charge in [-0.3, -0.25) is 0 Å². The first-order valence-electron chi connectivity index (χ1n) is 6.42. The fourth-order valence-corrected chi connectivity index (χ4v) is 2.41. The first-order chi connectivity index (χ1) is 10.2. The molecule has 4 nitrogen and oxygen atoms in total. The molecular formula is C15H13ClFN3O. The van der Waals surface area contributed by atoms with Crippen LogP contribution in [0.2, 0.25) is 0 Å². The van der Waals surface area contributed by atoms with Crippen molar-refractivity contribution >= 4 is 22.8 Å². The van der Waals surface area contributed by atoms with Crippen molar-refractivity contribution in [1.29, 1.82) is 0 Å². The van der Waals surface area contributed by atoms with Crippen molar-refractivity contribution in [2.24, 2.45) is 0 Å². The normalized spacial score (nSPS) is 11.0. The molecular weight excluding hydrogens is 293 g/mol. The smallest absolute Gasteiger partial charge is 0.215 e. The van der Waals surface area contributed by atoms with Gasteiger partial charge in [-0.25, -0.2) is 9.37 Å². The molecule has 0 aliphatic carbocycles. The summed E-state index contributed by atoms with van der Waals surface area (Å²) < 4.78 is 20.8. The van der Waals surface area contributed by atoms with Crippen LogP contribution in [0.3, 0.4) is 0 Å². The van der Waals surface area contributed by atoms with Crippen LogP contribution in [-0.2, 0) is 12.4 Å². The lowest BCUT2D eigenvalue weighted by Crippen LogP contribution is -2.06. The Kier molecular flexibility index (Phi) is 3.75. The number of methoxy groups -OCH3 is 1. The molecule has 1 aromatic carbocycles. The number of aromatic nitrogens is 3. The second-order valence-corrected chi connectivity index (χ2v) is 4.80. The van der Waals surface area contributed by atoms with E-state index in [-0.39, 0.29) is 11.7 Å². The van der Waals surface area contributed by atoms with E-state index < -0.39 is 0 Å². The van der Waals surface area contributed by atoms with Crippen LogP contribution in [-0.4, -0.2) is 21.6 Å². The molecule has 0 atom stereocenters. The summed E-state index contributed by atoms with van der Waals surface area (Å²) in [4.78, 5) is 8.81. The summed E-state index contributed by atoms with van der Waals surface area (Å²) in [5, 5.41) is 0. The van der Waals surface area contributed by atoms with Crippen LogP contribution < -0.4 is 4.74 Å². The Bertz CT molecular complexity index is 788. The fourth-order valence-electron chi connectivity index (χ4n) is 2.21. The zero-order valence-corrected chi connectivity index (χ0v) is 12.1. The summed E-state index contributed by atoms with van der Waals surface area (Å²) in [6, 6.07) is 10.2. The third kappa shape index (κ3) is 2.56. The third-order valence-electron chi connectivity index (χ3n) is 3.26. The van der Waals surface area contributed by atoms with Gasteiger partial charge >= 0.3 is 0 Å². The molecule has 108 valence electrons. The molecule has 0 saturated heterocycles. The van der Waals surface area contributed by atoms with Crippen LogP contribution in [0.5, 0.6) is 5.88 Å². The number of hydrogen-bond donors (Lipinski definition) is 0. The molecule has 2 aromatic heterocycles. The van der Waals surface area contributed by atoms with Gasteiger partial charge in [0.1, 0.15) is 17.2 Å². The monoisotopic (exact) mass is 305 g/mol. The van der Waals surface area contributed by atoms with Crippen molar-refractivity contribution in [3.8, 4) is 5.88 Å². The van der Waals surface area contributed by atoms with Gasteiger partial charge in [0.25, 0.3) is 0 Å². The molecule has 0 N–H and O–H groups in total. The Morgan fingerprint density at radius 1 is 1.19 bits per heavy atom. The van der Waals surface area contributed by atoms with Gasteiger partial charge in [-0.15, -0.1) is 11.6 Å². The van der Waals surface area contributed by atoms with Crippen LogP contribution in [0.25, 0.3) is 11.2 Å². The number of halogens is 2. The first-order valence-corrected chi connectivity index (χ1v) is 6.96. The Labute approximate surface area is 126 Å². The molecule has 3 aromatic rings. The van der Waals surface area contributed by atoms with Gasteiger partial charge in [-0.2, -0.15) is 4.98 Å². The zero-order valence-electron chi connectivity index (χ0n) is 11.4. The minimum Gasteiger partial charge on any atom is -0.481 e. The maximum absolute atomic E-state index is 13.9. The molecule has 0 fully saturated rings. The van der Waals surface area contributed by atoms with Crippen molar-refractivity contribution < 1.29 is 9.13 Å². The second kappa shape index (κ2) is 5.69. The van der Waals surface area contributed by atoms with E-state index in [0.29, 0.717) is 35.0 Å². The van der Waals surface area contributed by atoms with Crippen LogP contribution in [0.15, 0.2) is 36.4 Å². The number of hydrogen-bond acceptors (Lipinski definition) is 3. The van der Waals surface area contributed by atoms with E-state index in [1.165, 1.54) is 6.07 Å². The summed E-state index contributed by atoms with van der Waals surface area (Å²) in [5.74, 6) is 1.10. The Morgan fingerprint density at radius 2 is 2.00 bits per heavy atom. The van der Waals surface area contributed by atoms with E-state index >= 15 is 0 Å². The maximum Gasteiger partial charge on any atom is 0.215 e. The SMILES string of the molecule is COc1ccc2nc(CCl)n(Cc3ccccc3F)c2n1. The predicted octanol–water partition coefficient (Wildman–Crippen LogP) is 3.37. The van der Waals surface area contributed by atoms with Gasteiger partial charge in [0.05, 0.1) is 19.5 Å². The standard InChI is InChI=1S/C15H13ClFN3O/c1-21-14-7-6-12-15(19-14)20(13(8-16)18-12)9-10-4-2-3-5-11(10)17/h2-7H,8-9H2,1H3. The molecule has 3 rings (SSSR count). The van der Waals surface area contributed by atoms with E-state index in [4.69, 9.17) is 16.3 Å². The Morgan fingerprint density at radius 3 is 2.71 bits per heavy atom. The number of alkyl halides is 1. The zero-order chi connectivity index (χ0) is 14.8. The maximum atomic E-state index is 13.9. The lowest BCUT2D eigenvalue weighted by Gasteiger charge is -2.08. The van der Waals surface area contributed by atoms with Crippen molar-refractivity contribution in [2.75, 3.05) is 7.11 Å². The van der Waals surface area contributed by atoms with Gasteiger partial charge in [-0.1, -0.05) is 18.2 Å². The van der Waals surface area contributed by atoms with Crippen molar-refractivity contribution in [1.82, 2.24) is 14.5 Å². The van der Waals surface area contributed by atoms with Gasteiger partial charge in [0.2, 0.25) is 5.88 Å². The third-order valence-corrected chi connectivity index (χ3v) is 3.50. The topological polar surface area (TPSA) is 39.9 Å². The van der Waals surface area contributed by atoms with E-state index in [9.17, 15) is 4.39 Å². The molecule has 0 saturated carbocycles. The van der Waals surface area contributed by atoms with E-state index in [2.05, 4.69) is 9.97 Å². The Hall–Kier alpha value is -2.14. The van der Waals surface area contributed by atoms with E-state index in [0.717, 1.165) is 0 Å². The van der Waals surface area contributed by atoms with Crippen molar-refractivity contribution in [3.63, 3.8) is 0 Å². The number of fused-ring (bicyclic) bond motifs is 1. The highest BCUT2D eigenvalue weighted by molar-refractivity contribution is 6.16. The summed E-state index contributed by atoms with van der Waals surface area (Å²) in [5.41, 5.74) is 1.91. The molecule has 0 amide bonds. The number of pyridine rings is 1. The average Bonchev–Trinajstić information content (AvgIpc) is 2.86. The molecule has 21 heavy (non-hydrogen) atoms. The lowest BCUT2D eigenvalue weighted by atomic mass is 10.2. The number of nitrogens with zero attached hydrogens (tertiary/aromatic N) is 3. The molecule has 0 aliphatic rings. The van der Waals surface area contributed by atoms with Crippen LogP contribution in [0.1, 0.15) is 11.4 Å². The summed E-state index contributed by atoms with van der Waals surface area (Å²) in [6.45, 7) is 0.325. The average molecular weight is 306 g/mol. The van der Waals surface area contributed by atoms with Gasteiger partial charge in [-0.05, 0) is 12.1 Å². The highest BCUT2D eigenvalue weighted by atomic mass is 35.5.